The van der Waals surface area contributed by atoms with E-state index in [1.165, 1.54) is 14.0 Å². The monoisotopic (exact) mass is 246 g/mol. The molecule has 18 heavy (non-hydrogen) atoms. The van der Waals surface area contributed by atoms with Crippen molar-refractivity contribution in [2.75, 3.05) is 19.4 Å². The lowest BCUT2D eigenvalue weighted by molar-refractivity contribution is -0.118. The Labute approximate surface area is 105 Å². The van der Waals surface area contributed by atoms with Crippen LogP contribution in [0.3, 0.4) is 0 Å². The van der Waals surface area contributed by atoms with E-state index in [9.17, 15) is 9.59 Å². The predicted octanol–water partition coefficient (Wildman–Crippen LogP) is 0.543. The average molecular weight is 246 g/mol. The van der Waals surface area contributed by atoms with Gasteiger partial charge in [-0.3, -0.25) is 4.79 Å². The normalized spacial score (nSPS) is 9.00. The summed E-state index contributed by atoms with van der Waals surface area (Å²) in [5, 5.41) is 2.55. The van der Waals surface area contributed by atoms with Crippen LogP contribution in [-0.2, 0) is 9.53 Å². The van der Waals surface area contributed by atoms with Gasteiger partial charge in [0.1, 0.15) is 0 Å². The number of carbonyl (C=O) groups excluding carboxylic acids is 2. The zero-order valence-electron chi connectivity index (χ0n) is 10.2. The number of esters is 1. The van der Waals surface area contributed by atoms with Crippen molar-refractivity contribution in [3.63, 3.8) is 0 Å². The maximum absolute atomic E-state index is 11.3. The zero-order chi connectivity index (χ0) is 13.5. The van der Waals surface area contributed by atoms with Crippen molar-refractivity contribution in [2.24, 2.45) is 0 Å². The van der Waals surface area contributed by atoms with Crippen LogP contribution in [0.4, 0.5) is 5.69 Å². The van der Waals surface area contributed by atoms with Gasteiger partial charge in [-0.15, -0.1) is 0 Å². The fraction of sp³-hybridized carbons (Fsp3) is 0.231. The summed E-state index contributed by atoms with van der Waals surface area (Å²) in [6.07, 6.45) is 0. The number of rotatable bonds is 2. The van der Waals surface area contributed by atoms with Gasteiger partial charge in [0.25, 0.3) is 0 Å². The molecule has 0 unspecified atom stereocenters. The molecule has 1 amide bonds. The molecule has 0 aromatic heterocycles. The van der Waals surface area contributed by atoms with Crippen LogP contribution in [0.2, 0.25) is 0 Å². The molecule has 0 radical (unpaired) electrons. The smallest absolute Gasteiger partial charge is 0.339 e. The molecule has 1 rings (SSSR count). The van der Waals surface area contributed by atoms with Gasteiger partial charge in [0.15, 0.2) is 0 Å². The number of ether oxygens (including phenoxy) is 1. The van der Waals surface area contributed by atoms with Gasteiger partial charge in [0.2, 0.25) is 5.91 Å². The predicted molar refractivity (Wildman–Crippen MR) is 67.8 cm³/mol. The van der Waals surface area contributed by atoms with E-state index in [0.29, 0.717) is 16.8 Å². The minimum absolute atomic E-state index is 0.134. The molecule has 0 saturated carbocycles. The van der Waals surface area contributed by atoms with Gasteiger partial charge in [-0.1, -0.05) is 11.8 Å². The van der Waals surface area contributed by atoms with Crippen molar-refractivity contribution in [3.05, 3.63) is 29.3 Å². The third-order valence-corrected chi connectivity index (χ3v) is 2.12. The molecule has 0 heterocycles. The number of methoxy groups -OCH3 is 1. The Hall–Kier alpha value is -2.48. The second kappa shape index (κ2) is 6.30. The van der Waals surface area contributed by atoms with Crippen molar-refractivity contribution < 1.29 is 14.3 Å². The molecular weight excluding hydrogens is 232 g/mol. The molecule has 3 N–H and O–H groups in total. The van der Waals surface area contributed by atoms with Gasteiger partial charge in [0, 0.05) is 18.2 Å². The van der Waals surface area contributed by atoms with Crippen molar-refractivity contribution >= 4 is 17.6 Å². The largest absolute Gasteiger partial charge is 0.465 e. The van der Waals surface area contributed by atoms with E-state index in [2.05, 4.69) is 21.9 Å². The number of carbonyl (C=O) groups is 2. The molecule has 0 aliphatic rings. The van der Waals surface area contributed by atoms with Crippen molar-refractivity contribution in [1.82, 2.24) is 5.32 Å². The highest BCUT2D eigenvalue weighted by molar-refractivity contribution is 5.95. The fourth-order valence-electron chi connectivity index (χ4n) is 1.25. The van der Waals surface area contributed by atoms with Crippen LogP contribution in [-0.4, -0.2) is 25.5 Å². The molecule has 5 heteroatoms. The molecule has 0 fully saturated rings. The van der Waals surface area contributed by atoms with Gasteiger partial charge in [-0.2, -0.15) is 0 Å². The molecule has 5 nitrogen and oxygen atoms in total. The van der Waals surface area contributed by atoms with Crippen LogP contribution in [0.1, 0.15) is 22.8 Å². The van der Waals surface area contributed by atoms with Crippen LogP contribution < -0.4 is 11.1 Å². The molecule has 94 valence electrons. The lowest BCUT2D eigenvalue weighted by Gasteiger charge is -2.03. The summed E-state index contributed by atoms with van der Waals surface area (Å²) in [4.78, 5) is 21.9. The summed E-state index contributed by atoms with van der Waals surface area (Å²) in [7, 11) is 1.29. The molecule has 0 atom stereocenters. The van der Waals surface area contributed by atoms with Gasteiger partial charge < -0.3 is 15.8 Å². The first kappa shape index (κ1) is 13.6. The Morgan fingerprint density at radius 2 is 2.17 bits per heavy atom. The summed E-state index contributed by atoms with van der Waals surface area (Å²) in [6, 6.07) is 4.82. The van der Waals surface area contributed by atoms with Crippen LogP contribution in [0.25, 0.3) is 0 Å². The van der Waals surface area contributed by atoms with Crippen LogP contribution >= 0.6 is 0 Å². The molecule has 0 saturated heterocycles. The first-order chi connectivity index (χ1) is 8.54. The molecular formula is C13H14N2O3. The van der Waals surface area contributed by atoms with Crippen LogP contribution in [0.5, 0.6) is 0 Å². The van der Waals surface area contributed by atoms with E-state index in [1.807, 2.05) is 0 Å². The van der Waals surface area contributed by atoms with E-state index >= 15 is 0 Å². The van der Waals surface area contributed by atoms with Crippen LogP contribution in [0, 0.1) is 11.8 Å². The lowest BCUT2D eigenvalue weighted by Crippen LogP contribution is -2.19. The van der Waals surface area contributed by atoms with Crippen molar-refractivity contribution in [3.8, 4) is 11.8 Å². The number of anilines is 1. The van der Waals surface area contributed by atoms with E-state index in [1.54, 1.807) is 18.2 Å². The summed E-state index contributed by atoms with van der Waals surface area (Å²) in [5.41, 5.74) is 7.01. The average Bonchev–Trinajstić information content (AvgIpc) is 2.33. The van der Waals surface area contributed by atoms with Gasteiger partial charge in [0.05, 0.1) is 19.2 Å². The second-order valence-electron chi connectivity index (χ2n) is 3.51. The number of amides is 1. The minimum Gasteiger partial charge on any atom is -0.465 e. The second-order valence-corrected chi connectivity index (χ2v) is 3.51. The first-order valence-corrected chi connectivity index (χ1v) is 5.25. The highest BCUT2D eigenvalue weighted by Crippen LogP contribution is 2.14. The molecule has 0 aliphatic carbocycles. The Morgan fingerprint density at radius 3 is 2.72 bits per heavy atom. The maximum atomic E-state index is 11.3. The number of nitrogen functional groups attached to an aromatic ring is 1. The Balaban J connectivity index is 2.78. The molecule has 0 bridgehead atoms. The van der Waals surface area contributed by atoms with E-state index < -0.39 is 5.97 Å². The lowest BCUT2D eigenvalue weighted by atomic mass is 10.1. The number of benzene rings is 1. The quantitative estimate of drug-likeness (QED) is 0.453. The van der Waals surface area contributed by atoms with Gasteiger partial charge in [-0.05, 0) is 18.2 Å². The minimum atomic E-state index is -0.481. The maximum Gasteiger partial charge on any atom is 0.339 e. The molecule has 1 aromatic carbocycles. The SMILES string of the molecule is COC(=O)c1ccc(C#CCNC(C)=O)cc1N. The number of hydrogen-bond acceptors (Lipinski definition) is 4. The first-order valence-electron chi connectivity index (χ1n) is 5.25. The summed E-state index contributed by atoms with van der Waals surface area (Å²) in [5.74, 6) is 4.98. The van der Waals surface area contributed by atoms with E-state index in [-0.39, 0.29) is 12.5 Å². The summed E-state index contributed by atoms with van der Waals surface area (Å²) < 4.78 is 4.58. The Kier molecular flexibility index (Phi) is 4.76. The van der Waals surface area contributed by atoms with E-state index in [4.69, 9.17) is 5.73 Å². The number of hydrogen-bond donors (Lipinski definition) is 2. The van der Waals surface area contributed by atoms with Crippen molar-refractivity contribution in [2.45, 2.75) is 6.92 Å². The Bertz CT molecular complexity index is 527. The molecule has 0 aliphatic heterocycles. The Morgan fingerprint density at radius 1 is 1.44 bits per heavy atom. The molecule has 0 spiro atoms. The highest BCUT2D eigenvalue weighted by atomic mass is 16.5. The number of nitrogens with one attached hydrogen (secondary N) is 1. The fourth-order valence-corrected chi connectivity index (χ4v) is 1.25. The van der Waals surface area contributed by atoms with Gasteiger partial charge in [-0.25, -0.2) is 4.79 Å². The summed E-state index contributed by atoms with van der Waals surface area (Å²) in [6.45, 7) is 1.69. The standard InChI is InChI=1S/C13H14N2O3/c1-9(16)15-7-3-4-10-5-6-11(12(14)8-10)13(17)18-2/h5-6,8H,7,14H2,1-2H3,(H,15,16). The number of nitrogens with two attached hydrogens (primary N) is 1. The van der Waals surface area contributed by atoms with Crippen LogP contribution in [0.15, 0.2) is 18.2 Å². The zero-order valence-corrected chi connectivity index (χ0v) is 10.2. The molecule has 1 aromatic rings. The third-order valence-electron chi connectivity index (χ3n) is 2.12. The van der Waals surface area contributed by atoms with E-state index in [0.717, 1.165) is 0 Å². The highest BCUT2D eigenvalue weighted by Gasteiger charge is 2.09. The summed E-state index contributed by atoms with van der Waals surface area (Å²) >= 11 is 0. The van der Waals surface area contributed by atoms with Crippen molar-refractivity contribution in [1.29, 1.82) is 0 Å². The third kappa shape index (κ3) is 3.83. The topological polar surface area (TPSA) is 81.4 Å². The van der Waals surface area contributed by atoms with Gasteiger partial charge >= 0.3 is 5.97 Å².